The first-order chi connectivity index (χ1) is 8.70. The van der Waals surface area contributed by atoms with Crippen molar-refractivity contribution in [2.75, 3.05) is 0 Å². The lowest BCUT2D eigenvalue weighted by atomic mass is 10.2. The minimum atomic E-state index is 0.427. The molecule has 4 nitrogen and oxygen atoms in total. The monoisotopic (exact) mass is 282 g/mol. The van der Waals surface area contributed by atoms with Crippen molar-refractivity contribution >= 4 is 23.2 Å². The van der Waals surface area contributed by atoms with Gasteiger partial charge in [-0.25, -0.2) is 15.0 Å². The second-order valence-electron chi connectivity index (χ2n) is 4.38. The van der Waals surface area contributed by atoms with Crippen molar-refractivity contribution in [3.8, 4) is 11.5 Å². The molecule has 1 aliphatic carbocycles. The van der Waals surface area contributed by atoms with Crippen molar-refractivity contribution in [1.29, 1.82) is 0 Å². The standard InChI is InChI=1S/C12H12Cl2N4/c1-2-8-10(13)16-12(17-11(8)14)9-5-15-6-18(9)7-3-4-7/h5-7H,2-4H2,1H3. The van der Waals surface area contributed by atoms with Gasteiger partial charge < -0.3 is 4.57 Å². The molecule has 0 aliphatic heterocycles. The molecule has 0 atom stereocenters. The fraction of sp³-hybridized carbons (Fsp3) is 0.417. The quantitative estimate of drug-likeness (QED) is 0.809. The molecule has 6 heteroatoms. The zero-order chi connectivity index (χ0) is 12.7. The summed E-state index contributed by atoms with van der Waals surface area (Å²) in [5, 5.41) is 0.854. The van der Waals surface area contributed by atoms with E-state index >= 15 is 0 Å². The molecule has 0 radical (unpaired) electrons. The summed E-state index contributed by atoms with van der Waals surface area (Å²) in [7, 11) is 0. The van der Waals surface area contributed by atoms with Crippen LogP contribution in [-0.4, -0.2) is 19.5 Å². The maximum atomic E-state index is 6.13. The molecule has 0 saturated heterocycles. The van der Waals surface area contributed by atoms with Crippen LogP contribution in [0.25, 0.3) is 11.5 Å². The summed E-state index contributed by atoms with van der Waals surface area (Å²) >= 11 is 12.3. The van der Waals surface area contributed by atoms with Crippen molar-refractivity contribution in [3.05, 3.63) is 28.4 Å². The molecule has 0 amide bonds. The van der Waals surface area contributed by atoms with Gasteiger partial charge in [0.15, 0.2) is 5.82 Å². The molecule has 1 aliphatic rings. The number of imidazole rings is 1. The highest BCUT2D eigenvalue weighted by atomic mass is 35.5. The highest BCUT2D eigenvalue weighted by molar-refractivity contribution is 6.34. The fourth-order valence-electron chi connectivity index (χ4n) is 1.96. The van der Waals surface area contributed by atoms with Gasteiger partial charge in [-0.05, 0) is 19.3 Å². The van der Waals surface area contributed by atoms with Gasteiger partial charge in [-0.1, -0.05) is 30.1 Å². The van der Waals surface area contributed by atoms with Gasteiger partial charge in [0.1, 0.15) is 16.0 Å². The molecule has 0 spiro atoms. The highest BCUT2D eigenvalue weighted by Crippen LogP contribution is 2.38. The summed E-state index contributed by atoms with van der Waals surface area (Å²) in [6.45, 7) is 1.98. The topological polar surface area (TPSA) is 43.6 Å². The molecule has 1 saturated carbocycles. The van der Waals surface area contributed by atoms with Gasteiger partial charge in [-0.3, -0.25) is 0 Å². The van der Waals surface area contributed by atoms with E-state index < -0.39 is 0 Å². The van der Waals surface area contributed by atoms with Crippen molar-refractivity contribution < 1.29 is 0 Å². The van der Waals surface area contributed by atoms with Crippen LogP contribution in [0.3, 0.4) is 0 Å². The van der Waals surface area contributed by atoms with Crippen LogP contribution >= 0.6 is 23.2 Å². The van der Waals surface area contributed by atoms with E-state index in [4.69, 9.17) is 23.2 Å². The molecular formula is C12H12Cl2N4. The van der Waals surface area contributed by atoms with E-state index in [2.05, 4.69) is 19.5 Å². The van der Waals surface area contributed by atoms with Crippen molar-refractivity contribution in [2.45, 2.75) is 32.2 Å². The lowest BCUT2D eigenvalue weighted by Gasteiger charge is -2.08. The fourth-order valence-corrected chi connectivity index (χ4v) is 2.61. The zero-order valence-corrected chi connectivity index (χ0v) is 11.4. The van der Waals surface area contributed by atoms with Gasteiger partial charge >= 0.3 is 0 Å². The molecule has 0 N–H and O–H groups in total. The minimum Gasteiger partial charge on any atom is -0.325 e. The van der Waals surface area contributed by atoms with E-state index in [1.807, 2.05) is 13.3 Å². The van der Waals surface area contributed by atoms with Crippen LogP contribution in [0.15, 0.2) is 12.5 Å². The first kappa shape index (κ1) is 11.9. The average Bonchev–Trinajstić information content (AvgIpc) is 3.06. The lowest BCUT2D eigenvalue weighted by Crippen LogP contribution is -2.01. The molecule has 18 heavy (non-hydrogen) atoms. The van der Waals surface area contributed by atoms with E-state index in [-0.39, 0.29) is 0 Å². The second-order valence-corrected chi connectivity index (χ2v) is 5.09. The molecular weight excluding hydrogens is 271 g/mol. The molecule has 2 aromatic heterocycles. The van der Waals surface area contributed by atoms with E-state index in [1.54, 1.807) is 6.20 Å². The van der Waals surface area contributed by atoms with Crippen LogP contribution < -0.4 is 0 Å². The van der Waals surface area contributed by atoms with Crippen LogP contribution in [0.4, 0.5) is 0 Å². The average molecular weight is 283 g/mol. The van der Waals surface area contributed by atoms with Crippen LogP contribution in [0.2, 0.25) is 10.3 Å². The number of nitrogens with zero attached hydrogens (tertiary/aromatic N) is 4. The second kappa shape index (κ2) is 4.52. The Morgan fingerprint density at radius 1 is 1.28 bits per heavy atom. The Kier molecular flexibility index (Phi) is 2.99. The predicted octanol–water partition coefficient (Wildman–Crippen LogP) is 3.54. The summed E-state index contributed by atoms with van der Waals surface area (Å²) < 4.78 is 2.09. The number of halogens is 2. The van der Waals surface area contributed by atoms with E-state index in [1.165, 1.54) is 12.8 Å². The Morgan fingerprint density at radius 3 is 2.50 bits per heavy atom. The summed E-state index contributed by atoms with van der Waals surface area (Å²) in [5.74, 6) is 0.548. The van der Waals surface area contributed by atoms with Gasteiger partial charge in [0.2, 0.25) is 0 Å². The van der Waals surface area contributed by atoms with Crippen molar-refractivity contribution in [2.24, 2.45) is 0 Å². The predicted molar refractivity (Wildman–Crippen MR) is 70.9 cm³/mol. The third kappa shape index (κ3) is 1.99. The summed E-state index contributed by atoms with van der Waals surface area (Å²) in [6.07, 6.45) is 6.65. The molecule has 94 valence electrons. The smallest absolute Gasteiger partial charge is 0.180 e. The van der Waals surface area contributed by atoms with Crippen LogP contribution in [-0.2, 0) is 6.42 Å². The molecule has 2 heterocycles. The largest absolute Gasteiger partial charge is 0.325 e. The normalized spacial score (nSPS) is 15.1. The molecule has 0 unspecified atom stereocenters. The number of hydrogen-bond donors (Lipinski definition) is 0. The Bertz CT molecular complexity index is 567. The van der Waals surface area contributed by atoms with Crippen LogP contribution in [0, 0.1) is 0 Å². The van der Waals surface area contributed by atoms with E-state index in [0.717, 1.165) is 17.7 Å². The highest BCUT2D eigenvalue weighted by Gasteiger charge is 2.26. The number of rotatable bonds is 3. The SMILES string of the molecule is CCc1c(Cl)nc(-c2cncn2C2CC2)nc1Cl. The molecule has 3 rings (SSSR count). The first-order valence-electron chi connectivity index (χ1n) is 5.94. The maximum absolute atomic E-state index is 6.13. The Morgan fingerprint density at radius 2 is 1.94 bits per heavy atom. The van der Waals surface area contributed by atoms with Gasteiger partial charge in [-0.15, -0.1) is 0 Å². The van der Waals surface area contributed by atoms with E-state index in [9.17, 15) is 0 Å². The van der Waals surface area contributed by atoms with Gasteiger partial charge in [0.05, 0.1) is 12.5 Å². The third-order valence-electron chi connectivity index (χ3n) is 3.10. The van der Waals surface area contributed by atoms with Gasteiger partial charge in [0, 0.05) is 11.6 Å². The molecule has 1 fully saturated rings. The maximum Gasteiger partial charge on any atom is 0.180 e. The Balaban J connectivity index is 2.08. The summed E-state index contributed by atoms with van der Waals surface area (Å²) in [6, 6.07) is 0.523. The summed E-state index contributed by atoms with van der Waals surface area (Å²) in [5.41, 5.74) is 1.67. The Hall–Kier alpha value is -1.13. The van der Waals surface area contributed by atoms with Crippen LogP contribution in [0.1, 0.15) is 31.4 Å². The van der Waals surface area contributed by atoms with Gasteiger partial charge in [-0.2, -0.15) is 0 Å². The van der Waals surface area contributed by atoms with Crippen LogP contribution in [0.5, 0.6) is 0 Å². The zero-order valence-electron chi connectivity index (χ0n) is 9.90. The molecule has 0 aromatic carbocycles. The third-order valence-corrected chi connectivity index (χ3v) is 3.72. The number of hydrogen-bond acceptors (Lipinski definition) is 3. The Labute approximate surface area is 115 Å². The minimum absolute atomic E-state index is 0.427. The lowest BCUT2D eigenvalue weighted by molar-refractivity contribution is 0.743. The van der Waals surface area contributed by atoms with Gasteiger partial charge in [0.25, 0.3) is 0 Å². The van der Waals surface area contributed by atoms with Crippen molar-refractivity contribution in [3.63, 3.8) is 0 Å². The summed E-state index contributed by atoms with van der Waals surface area (Å²) in [4.78, 5) is 12.8. The first-order valence-corrected chi connectivity index (χ1v) is 6.70. The molecule has 0 bridgehead atoms. The number of aromatic nitrogens is 4. The molecule has 2 aromatic rings. The van der Waals surface area contributed by atoms with E-state index in [0.29, 0.717) is 22.2 Å². The van der Waals surface area contributed by atoms with Crippen molar-refractivity contribution in [1.82, 2.24) is 19.5 Å².